The van der Waals surface area contributed by atoms with Crippen molar-refractivity contribution in [2.24, 2.45) is 0 Å². The van der Waals surface area contributed by atoms with Crippen molar-refractivity contribution in [3.63, 3.8) is 0 Å². The van der Waals surface area contributed by atoms with Crippen LogP contribution in [0.2, 0.25) is 0 Å². The fourth-order valence-corrected chi connectivity index (χ4v) is 2.51. The Labute approximate surface area is 121 Å². The summed E-state index contributed by atoms with van der Waals surface area (Å²) in [5, 5.41) is 3.34. The first-order valence-electron chi connectivity index (χ1n) is 7.78. The lowest BCUT2D eigenvalue weighted by atomic mass is 10.2. The third-order valence-corrected chi connectivity index (χ3v) is 3.65. The molecule has 1 saturated heterocycles. The van der Waals surface area contributed by atoms with Gasteiger partial charge >= 0.3 is 0 Å². The largest absolute Gasteiger partial charge is 0.476 e. The van der Waals surface area contributed by atoms with Gasteiger partial charge in [-0.3, -0.25) is 4.90 Å². The number of rotatable bonds is 8. The number of anilines is 1. The number of nitrogens with one attached hydrogen (secondary N) is 1. The van der Waals surface area contributed by atoms with Gasteiger partial charge in [-0.1, -0.05) is 13.8 Å². The van der Waals surface area contributed by atoms with E-state index in [4.69, 9.17) is 4.74 Å². The molecular weight excluding hydrogens is 252 g/mol. The first-order valence-corrected chi connectivity index (χ1v) is 7.78. The van der Waals surface area contributed by atoms with Crippen molar-refractivity contribution in [3.05, 3.63) is 11.9 Å². The normalized spacial score (nSPS) is 15.5. The van der Waals surface area contributed by atoms with E-state index >= 15 is 0 Å². The van der Waals surface area contributed by atoms with Crippen LogP contribution in [0.25, 0.3) is 0 Å². The summed E-state index contributed by atoms with van der Waals surface area (Å²) in [6, 6.07) is 0. The molecule has 0 amide bonds. The summed E-state index contributed by atoms with van der Waals surface area (Å²) in [4.78, 5) is 11.1. The molecule has 2 rings (SSSR count). The summed E-state index contributed by atoms with van der Waals surface area (Å²) in [5.74, 6) is 1.65. The third-order valence-electron chi connectivity index (χ3n) is 3.65. The van der Waals surface area contributed by atoms with Crippen LogP contribution in [0.1, 0.15) is 38.7 Å². The Hall–Kier alpha value is -1.36. The first kappa shape index (κ1) is 15.0. The van der Waals surface area contributed by atoms with E-state index in [0.717, 1.165) is 43.2 Å². The Morgan fingerprint density at radius 1 is 1.25 bits per heavy atom. The zero-order valence-corrected chi connectivity index (χ0v) is 12.7. The second-order valence-corrected chi connectivity index (χ2v) is 5.18. The molecule has 112 valence electrons. The van der Waals surface area contributed by atoms with Crippen LogP contribution >= 0.6 is 0 Å². The van der Waals surface area contributed by atoms with Crippen molar-refractivity contribution >= 4 is 5.82 Å². The first-order chi connectivity index (χ1) is 9.85. The molecule has 0 bridgehead atoms. The number of ether oxygens (including phenoxy) is 1. The molecule has 20 heavy (non-hydrogen) atoms. The molecule has 2 heterocycles. The molecule has 0 aliphatic carbocycles. The molecule has 0 unspecified atom stereocenters. The molecule has 1 aliphatic rings. The second kappa shape index (κ2) is 8.04. The second-order valence-electron chi connectivity index (χ2n) is 5.18. The highest BCUT2D eigenvalue weighted by atomic mass is 16.5. The van der Waals surface area contributed by atoms with Crippen LogP contribution in [-0.2, 0) is 6.42 Å². The van der Waals surface area contributed by atoms with E-state index in [0.29, 0.717) is 6.61 Å². The maximum Gasteiger partial charge on any atom is 0.221 e. The van der Waals surface area contributed by atoms with Crippen molar-refractivity contribution < 1.29 is 4.74 Å². The van der Waals surface area contributed by atoms with Crippen molar-refractivity contribution in [1.29, 1.82) is 0 Å². The molecule has 0 saturated carbocycles. The summed E-state index contributed by atoms with van der Waals surface area (Å²) in [6.45, 7) is 9.30. The predicted octanol–water partition coefficient (Wildman–Crippen LogP) is 2.34. The highest BCUT2D eigenvalue weighted by Gasteiger charge is 2.13. The number of hydrogen-bond acceptors (Lipinski definition) is 5. The van der Waals surface area contributed by atoms with Crippen LogP contribution in [0.3, 0.4) is 0 Å². The lowest BCUT2D eigenvalue weighted by molar-refractivity contribution is 0.230. The standard InChI is InChI=1S/C15H26N4O/c1-3-7-16-14-13(4-2)15(18-12-17-14)20-11-10-19-8-5-6-9-19/h12H,3-11H2,1-2H3,(H,16,17,18). The fourth-order valence-electron chi connectivity index (χ4n) is 2.51. The van der Waals surface area contributed by atoms with E-state index in [1.54, 1.807) is 6.33 Å². The minimum atomic E-state index is 0.706. The Kier molecular flexibility index (Phi) is 6.05. The minimum Gasteiger partial charge on any atom is -0.476 e. The quantitative estimate of drug-likeness (QED) is 0.791. The van der Waals surface area contributed by atoms with Crippen LogP contribution in [-0.4, -0.2) is 47.7 Å². The Balaban J connectivity index is 1.91. The van der Waals surface area contributed by atoms with Gasteiger partial charge in [0.1, 0.15) is 18.8 Å². The maximum absolute atomic E-state index is 5.88. The van der Waals surface area contributed by atoms with Gasteiger partial charge in [0.25, 0.3) is 0 Å². The zero-order chi connectivity index (χ0) is 14.2. The smallest absolute Gasteiger partial charge is 0.221 e. The highest BCUT2D eigenvalue weighted by Crippen LogP contribution is 2.22. The van der Waals surface area contributed by atoms with Crippen LogP contribution in [0.4, 0.5) is 5.82 Å². The molecule has 1 aromatic rings. The summed E-state index contributed by atoms with van der Waals surface area (Å²) in [5.41, 5.74) is 1.09. The van der Waals surface area contributed by atoms with Gasteiger partial charge in [-0.05, 0) is 38.8 Å². The van der Waals surface area contributed by atoms with E-state index in [1.165, 1.54) is 25.9 Å². The molecule has 1 N–H and O–H groups in total. The Morgan fingerprint density at radius 3 is 2.75 bits per heavy atom. The van der Waals surface area contributed by atoms with Gasteiger partial charge in [-0.2, -0.15) is 0 Å². The summed E-state index contributed by atoms with van der Waals surface area (Å²) >= 11 is 0. The summed E-state index contributed by atoms with van der Waals surface area (Å²) in [7, 11) is 0. The van der Waals surface area contributed by atoms with Gasteiger partial charge < -0.3 is 10.1 Å². The lowest BCUT2D eigenvalue weighted by Gasteiger charge is -2.16. The van der Waals surface area contributed by atoms with Gasteiger partial charge in [0.2, 0.25) is 5.88 Å². The number of likely N-dealkylation sites (tertiary alicyclic amines) is 1. The van der Waals surface area contributed by atoms with Gasteiger partial charge in [0.15, 0.2) is 0 Å². The number of nitrogens with zero attached hydrogens (tertiary/aromatic N) is 3. The molecule has 0 aromatic carbocycles. The molecule has 5 heteroatoms. The van der Waals surface area contributed by atoms with Crippen molar-refractivity contribution in [2.45, 2.75) is 39.5 Å². The molecule has 0 radical (unpaired) electrons. The summed E-state index contributed by atoms with van der Waals surface area (Å²) < 4.78 is 5.88. The highest BCUT2D eigenvalue weighted by molar-refractivity contribution is 5.48. The van der Waals surface area contributed by atoms with Crippen LogP contribution in [0.15, 0.2) is 6.33 Å². The van der Waals surface area contributed by atoms with Gasteiger partial charge in [-0.25, -0.2) is 9.97 Å². The van der Waals surface area contributed by atoms with E-state index in [2.05, 4.69) is 34.0 Å². The van der Waals surface area contributed by atoms with E-state index in [9.17, 15) is 0 Å². The molecule has 0 spiro atoms. The predicted molar refractivity (Wildman–Crippen MR) is 81.4 cm³/mol. The average Bonchev–Trinajstić information content (AvgIpc) is 2.98. The molecule has 0 atom stereocenters. The Morgan fingerprint density at radius 2 is 2.05 bits per heavy atom. The molecule has 1 aromatic heterocycles. The fraction of sp³-hybridized carbons (Fsp3) is 0.733. The molecule has 1 aliphatic heterocycles. The van der Waals surface area contributed by atoms with E-state index in [1.807, 2.05) is 0 Å². The van der Waals surface area contributed by atoms with E-state index in [-0.39, 0.29) is 0 Å². The van der Waals surface area contributed by atoms with Crippen LogP contribution < -0.4 is 10.1 Å². The third kappa shape index (κ3) is 4.07. The van der Waals surface area contributed by atoms with E-state index < -0.39 is 0 Å². The lowest BCUT2D eigenvalue weighted by Crippen LogP contribution is -2.25. The van der Waals surface area contributed by atoms with Gasteiger partial charge in [0, 0.05) is 13.1 Å². The molecular formula is C15H26N4O. The average molecular weight is 278 g/mol. The van der Waals surface area contributed by atoms with Crippen LogP contribution in [0.5, 0.6) is 5.88 Å². The van der Waals surface area contributed by atoms with Gasteiger partial charge in [0.05, 0.1) is 5.56 Å². The zero-order valence-electron chi connectivity index (χ0n) is 12.7. The maximum atomic E-state index is 5.88. The van der Waals surface area contributed by atoms with Gasteiger partial charge in [-0.15, -0.1) is 0 Å². The van der Waals surface area contributed by atoms with Crippen molar-refractivity contribution in [1.82, 2.24) is 14.9 Å². The molecule has 1 fully saturated rings. The topological polar surface area (TPSA) is 50.3 Å². The summed E-state index contributed by atoms with van der Waals surface area (Å²) in [6.07, 6.45) is 6.18. The number of hydrogen-bond donors (Lipinski definition) is 1. The Bertz CT molecular complexity index is 405. The SMILES string of the molecule is CCCNc1ncnc(OCCN2CCCC2)c1CC. The van der Waals surface area contributed by atoms with Crippen LogP contribution in [0, 0.1) is 0 Å². The van der Waals surface area contributed by atoms with Crippen molar-refractivity contribution in [3.8, 4) is 5.88 Å². The molecule has 5 nitrogen and oxygen atoms in total. The number of aromatic nitrogens is 2. The monoisotopic (exact) mass is 278 g/mol. The van der Waals surface area contributed by atoms with Crippen molar-refractivity contribution in [2.75, 3.05) is 38.1 Å². The minimum absolute atomic E-state index is 0.706.